The van der Waals surface area contributed by atoms with Gasteiger partial charge in [-0.2, -0.15) is 0 Å². The van der Waals surface area contributed by atoms with Crippen LogP contribution in [0, 0.1) is 12.8 Å². The van der Waals surface area contributed by atoms with Gasteiger partial charge in [-0.05, 0) is 57.4 Å². The molecular weight excluding hydrogens is 470 g/mol. The minimum absolute atomic E-state index is 0.163. The van der Waals surface area contributed by atoms with Crippen LogP contribution < -0.4 is 10.1 Å². The van der Waals surface area contributed by atoms with Crippen molar-refractivity contribution in [1.29, 1.82) is 0 Å². The Morgan fingerprint density at radius 1 is 0.919 bits per heavy atom. The summed E-state index contributed by atoms with van der Waals surface area (Å²) < 4.78 is 16.1. The number of benzene rings is 2. The lowest BCUT2D eigenvalue weighted by atomic mass is 9.67. The van der Waals surface area contributed by atoms with E-state index in [2.05, 4.69) is 5.32 Å². The van der Waals surface area contributed by atoms with Gasteiger partial charge in [0.15, 0.2) is 5.78 Å². The van der Waals surface area contributed by atoms with E-state index in [9.17, 15) is 14.4 Å². The SMILES string of the molecule is CCOC(=O)C1=C(C)NC2=C(C(=O)C(C(=O)OCC)C(c3ccc(OC)cc3)C2)C1c1ccc(C)cc1. The van der Waals surface area contributed by atoms with Crippen molar-refractivity contribution in [2.75, 3.05) is 20.3 Å². The van der Waals surface area contributed by atoms with Gasteiger partial charge >= 0.3 is 11.9 Å². The number of aryl methyl sites for hydroxylation is 1. The Labute approximate surface area is 217 Å². The number of esters is 2. The molecule has 4 rings (SSSR count). The van der Waals surface area contributed by atoms with Crippen molar-refractivity contribution < 1.29 is 28.6 Å². The molecule has 1 heterocycles. The molecule has 0 saturated heterocycles. The summed E-state index contributed by atoms with van der Waals surface area (Å²) in [6.45, 7) is 7.64. The number of ketones is 1. The van der Waals surface area contributed by atoms with Gasteiger partial charge in [-0.1, -0.05) is 42.0 Å². The molecule has 0 radical (unpaired) electrons. The molecule has 37 heavy (non-hydrogen) atoms. The predicted molar refractivity (Wildman–Crippen MR) is 139 cm³/mol. The fourth-order valence-corrected chi connectivity index (χ4v) is 5.27. The van der Waals surface area contributed by atoms with E-state index in [1.807, 2.05) is 62.4 Å². The molecule has 2 aromatic rings. The quantitative estimate of drug-likeness (QED) is 0.432. The molecule has 7 nitrogen and oxygen atoms in total. The lowest BCUT2D eigenvalue weighted by Gasteiger charge is -2.39. The maximum absolute atomic E-state index is 14.3. The minimum atomic E-state index is -1.04. The van der Waals surface area contributed by atoms with Crippen molar-refractivity contribution >= 4 is 17.7 Å². The average molecular weight is 504 g/mol. The Morgan fingerprint density at radius 3 is 2.14 bits per heavy atom. The Balaban J connectivity index is 1.87. The molecule has 3 unspecified atom stereocenters. The van der Waals surface area contributed by atoms with Gasteiger partial charge in [0.1, 0.15) is 11.7 Å². The van der Waals surface area contributed by atoms with Crippen LogP contribution in [-0.4, -0.2) is 38.0 Å². The van der Waals surface area contributed by atoms with E-state index in [-0.39, 0.29) is 19.0 Å². The van der Waals surface area contributed by atoms with E-state index < -0.39 is 29.7 Å². The van der Waals surface area contributed by atoms with Gasteiger partial charge in [-0.3, -0.25) is 9.59 Å². The van der Waals surface area contributed by atoms with Gasteiger partial charge in [-0.25, -0.2) is 4.79 Å². The molecule has 1 aliphatic carbocycles. The highest BCUT2D eigenvalue weighted by Crippen LogP contribution is 2.48. The zero-order valence-electron chi connectivity index (χ0n) is 21.9. The molecule has 0 fully saturated rings. The zero-order chi connectivity index (χ0) is 26.7. The maximum Gasteiger partial charge on any atom is 0.336 e. The summed E-state index contributed by atoms with van der Waals surface area (Å²) in [7, 11) is 1.59. The first-order valence-electron chi connectivity index (χ1n) is 12.6. The summed E-state index contributed by atoms with van der Waals surface area (Å²) in [5, 5.41) is 3.32. The molecule has 0 aromatic heterocycles. The normalized spacial score (nSPS) is 21.2. The van der Waals surface area contributed by atoms with Crippen molar-refractivity contribution in [3.05, 3.63) is 87.8 Å². The third kappa shape index (κ3) is 5.03. The van der Waals surface area contributed by atoms with E-state index in [1.54, 1.807) is 21.0 Å². The Morgan fingerprint density at radius 2 is 1.54 bits per heavy atom. The molecule has 0 saturated carbocycles. The van der Waals surface area contributed by atoms with E-state index >= 15 is 0 Å². The van der Waals surface area contributed by atoms with E-state index in [4.69, 9.17) is 14.2 Å². The number of methoxy groups -OCH3 is 1. The van der Waals surface area contributed by atoms with Crippen LogP contribution in [0.25, 0.3) is 0 Å². The van der Waals surface area contributed by atoms with Gasteiger partial charge in [0.2, 0.25) is 0 Å². The van der Waals surface area contributed by atoms with Gasteiger partial charge in [0, 0.05) is 28.8 Å². The number of ether oxygens (including phenoxy) is 3. The van der Waals surface area contributed by atoms with Crippen LogP contribution in [0.5, 0.6) is 5.75 Å². The topological polar surface area (TPSA) is 90.9 Å². The molecule has 0 amide bonds. The van der Waals surface area contributed by atoms with Gasteiger partial charge in [-0.15, -0.1) is 0 Å². The van der Waals surface area contributed by atoms with Crippen molar-refractivity contribution in [1.82, 2.24) is 5.32 Å². The van der Waals surface area contributed by atoms with Crippen molar-refractivity contribution in [3.8, 4) is 5.75 Å². The molecule has 0 bridgehead atoms. The maximum atomic E-state index is 14.3. The Kier molecular flexibility index (Phi) is 7.81. The van der Waals surface area contributed by atoms with Gasteiger partial charge in [0.05, 0.1) is 25.9 Å². The highest BCUT2D eigenvalue weighted by atomic mass is 16.5. The third-order valence-corrected chi connectivity index (χ3v) is 7.01. The summed E-state index contributed by atoms with van der Waals surface area (Å²) in [6, 6.07) is 15.1. The van der Waals surface area contributed by atoms with Crippen LogP contribution in [-0.2, 0) is 23.9 Å². The number of carbonyl (C=O) groups is 3. The lowest BCUT2D eigenvalue weighted by molar-refractivity contribution is -0.152. The molecule has 194 valence electrons. The van der Waals surface area contributed by atoms with E-state index in [0.717, 1.165) is 16.7 Å². The fraction of sp³-hybridized carbons (Fsp3) is 0.367. The molecule has 7 heteroatoms. The van der Waals surface area contributed by atoms with Crippen molar-refractivity contribution in [2.45, 2.75) is 46.0 Å². The summed E-state index contributed by atoms with van der Waals surface area (Å²) in [5.41, 5.74) is 4.83. The molecule has 2 aliphatic rings. The number of Topliss-reactive ketones (excluding diaryl/α,β-unsaturated/α-hetero) is 1. The monoisotopic (exact) mass is 503 g/mol. The Bertz CT molecular complexity index is 1260. The van der Waals surface area contributed by atoms with Crippen LogP contribution in [0.1, 0.15) is 55.7 Å². The summed E-state index contributed by atoms with van der Waals surface area (Å²) in [4.78, 5) is 40.7. The fourth-order valence-electron chi connectivity index (χ4n) is 5.27. The van der Waals surface area contributed by atoms with Crippen LogP contribution in [0.4, 0.5) is 0 Å². The molecule has 2 aromatic carbocycles. The molecular formula is C30H33NO6. The van der Waals surface area contributed by atoms with Crippen LogP contribution >= 0.6 is 0 Å². The van der Waals surface area contributed by atoms with E-state index in [0.29, 0.717) is 34.7 Å². The molecule has 1 N–H and O–H groups in total. The number of hydrogen-bond donors (Lipinski definition) is 1. The van der Waals surface area contributed by atoms with E-state index in [1.165, 1.54) is 0 Å². The third-order valence-electron chi connectivity index (χ3n) is 7.01. The first-order valence-corrected chi connectivity index (χ1v) is 12.6. The average Bonchev–Trinajstić information content (AvgIpc) is 2.88. The summed E-state index contributed by atoms with van der Waals surface area (Å²) in [5.74, 6) is -2.83. The highest BCUT2D eigenvalue weighted by Gasteiger charge is 2.49. The zero-order valence-corrected chi connectivity index (χ0v) is 21.9. The molecule has 1 aliphatic heterocycles. The molecule has 3 atom stereocenters. The highest BCUT2D eigenvalue weighted by molar-refractivity contribution is 6.13. The number of dihydropyridines is 1. The lowest BCUT2D eigenvalue weighted by Crippen LogP contribution is -2.43. The van der Waals surface area contributed by atoms with Crippen LogP contribution in [0.15, 0.2) is 71.1 Å². The van der Waals surface area contributed by atoms with Crippen molar-refractivity contribution in [2.24, 2.45) is 5.92 Å². The first kappa shape index (κ1) is 26.2. The second-order valence-electron chi connectivity index (χ2n) is 9.30. The standard InChI is InChI=1S/C30H33NO6/c1-6-36-29(33)24-18(4)31-23-16-22(19-12-14-21(35-5)15-13-19)26(30(34)37-7-2)28(32)27(23)25(24)20-10-8-17(3)9-11-20/h8-15,22,25-26,31H,6-7,16H2,1-5H3. The van der Waals surface area contributed by atoms with Gasteiger partial charge in [0.25, 0.3) is 0 Å². The van der Waals surface area contributed by atoms with Crippen molar-refractivity contribution in [3.63, 3.8) is 0 Å². The predicted octanol–water partition coefficient (Wildman–Crippen LogP) is 4.72. The molecule has 0 spiro atoms. The minimum Gasteiger partial charge on any atom is -0.497 e. The van der Waals surface area contributed by atoms with Crippen LogP contribution in [0.3, 0.4) is 0 Å². The number of nitrogens with one attached hydrogen (secondary N) is 1. The summed E-state index contributed by atoms with van der Waals surface area (Å²) in [6.07, 6.45) is 0.409. The summed E-state index contributed by atoms with van der Waals surface area (Å²) >= 11 is 0. The number of allylic oxidation sites excluding steroid dienone is 3. The second kappa shape index (κ2) is 11.0. The van der Waals surface area contributed by atoms with Crippen LogP contribution in [0.2, 0.25) is 0 Å². The smallest absolute Gasteiger partial charge is 0.336 e. The Hall–Kier alpha value is -3.87. The largest absolute Gasteiger partial charge is 0.497 e. The second-order valence-corrected chi connectivity index (χ2v) is 9.30. The van der Waals surface area contributed by atoms with Gasteiger partial charge < -0.3 is 19.5 Å². The number of hydrogen-bond acceptors (Lipinski definition) is 7. The number of carbonyl (C=O) groups excluding carboxylic acids is 3. The number of rotatable bonds is 7. The first-order chi connectivity index (χ1) is 17.8.